The highest BCUT2D eigenvalue weighted by Gasteiger charge is 2.15. The molecule has 148 valence electrons. The zero-order valence-electron chi connectivity index (χ0n) is 16.7. The van der Waals surface area contributed by atoms with Gasteiger partial charge < -0.3 is 14.8 Å². The number of anilines is 1. The number of ketones is 1. The van der Waals surface area contributed by atoms with E-state index < -0.39 is 0 Å². The van der Waals surface area contributed by atoms with Crippen LogP contribution in [0.3, 0.4) is 0 Å². The number of ether oxygens (including phenoxy) is 2. The number of Topliss-reactive ketones (excluding diaryl/α,β-unsaturated/α-hetero) is 1. The first-order valence-electron chi connectivity index (χ1n) is 9.24. The second-order valence-electron chi connectivity index (χ2n) is 6.96. The maximum Gasteiger partial charge on any atom is 0.231 e. The second-order valence-corrected chi connectivity index (χ2v) is 8.07. The van der Waals surface area contributed by atoms with Crippen LogP contribution in [-0.2, 0) is 10.5 Å². The molecule has 0 aliphatic carbocycles. The van der Waals surface area contributed by atoms with E-state index in [1.807, 2.05) is 13.8 Å². The number of fused-ring (bicyclic) bond motifs is 1. The third kappa shape index (κ3) is 4.50. The Labute approximate surface area is 169 Å². The zero-order valence-corrected chi connectivity index (χ0v) is 17.5. The number of benzene rings is 2. The van der Waals surface area contributed by atoms with Crippen LogP contribution in [0.5, 0.6) is 11.5 Å². The minimum absolute atomic E-state index is 0.0341. The van der Waals surface area contributed by atoms with Crippen LogP contribution in [-0.4, -0.2) is 24.2 Å². The minimum Gasteiger partial charge on any atom is -0.454 e. The highest BCUT2D eigenvalue weighted by atomic mass is 32.2. The standard InChI is InChI=1S/C22H25NO4S/c1-13-9-14(2)22(16(4)24)15(3)18(13)11-28-8-7-21(25)23-17-5-6-19-20(10-17)27-12-26-19/h5-6,9-10H,7-8,11-12H2,1-4H3,(H,23,25). The highest BCUT2D eigenvalue weighted by molar-refractivity contribution is 7.98. The van der Waals surface area contributed by atoms with Crippen molar-refractivity contribution in [3.63, 3.8) is 0 Å². The number of hydrogen-bond acceptors (Lipinski definition) is 5. The van der Waals surface area contributed by atoms with Gasteiger partial charge in [0.15, 0.2) is 17.3 Å². The lowest BCUT2D eigenvalue weighted by molar-refractivity contribution is -0.115. The van der Waals surface area contributed by atoms with Gasteiger partial charge in [0.2, 0.25) is 12.7 Å². The molecule has 0 spiro atoms. The molecule has 6 heteroatoms. The van der Waals surface area contributed by atoms with Crippen molar-refractivity contribution in [3.05, 3.63) is 52.1 Å². The highest BCUT2D eigenvalue weighted by Crippen LogP contribution is 2.34. The fourth-order valence-corrected chi connectivity index (χ4v) is 4.65. The quantitative estimate of drug-likeness (QED) is 0.535. The molecule has 3 rings (SSSR count). The Morgan fingerprint density at radius 3 is 2.57 bits per heavy atom. The first kappa shape index (κ1) is 20.3. The molecule has 1 aliphatic heterocycles. The summed E-state index contributed by atoms with van der Waals surface area (Å²) in [7, 11) is 0. The SMILES string of the molecule is CC(=O)c1c(C)cc(C)c(CSCCC(=O)Nc2ccc3c(c2)OCO3)c1C. The molecule has 0 saturated heterocycles. The Bertz CT molecular complexity index is 923. The van der Waals surface area contributed by atoms with E-state index >= 15 is 0 Å². The van der Waals surface area contributed by atoms with Crippen LogP contribution in [0, 0.1) is 20.8 Å². The lowest BCUT2D eigenvalue weighted by Gasteiger charge is -2.15. The summed E-state index contributed by atoms with van der Waals surface area (Å²) < 4.78 is 10.6. The van der Waals surface area contributed by atoms with Gasteiger partial charge in [0, 0.05) is 35.2 Å². The van der Waals surface area contributed by atoms with Gasteiger partial charge in [-0.1, -0.05) is 6.07 Å². The number of rotatable bonds is 7. The van der Waals surface area contributed by atoms with Crippen LogP contribution < -0.4 is 14.8 Å². The fourth-order valence-electron chi connectivity index (χ4n) is 3.53. The molecule has 1 amide bonds. The topological polar surface area (TPSA) is 64.6 Å². The van der Waals surface area contributed by atoms with Gasteiger partial charge in [0.1, 0.15) is 0 Å². The largest absolute Gasteiger partial charge is 0.454 e. The maximum atomic E-state index is 12.2. The van der Waals surface area contributed by atoms with E-state index in [0.29, 0.717) is 29.4 Å². The number of thioether (sulfide) groups is 1. The van der Waals surface area contributed by atoms with Crippen molar-refractivity contribution >= 4 is 29.1 Å². The first-order chi connectivity index (χ1) is 13.4. The zero-order chi connectivity index (χ0) is 20.3. The molecular formula is C22H25NO4S. The number of carbonyl (C=O) groups excluding carboxylic acids is 2. The molecule has 0 fully saturated rings. The number of aryl methyl sites for hydroxylation is 2. The Hall–Kier alpha value is -2.47. The molecule has 0 saturated carbocycles. The molecular weight excluding hydrogens is 374 g/mol. The van der Waals surface area contributed by atoms with Crippen LogP contribution in [0.25, 0.3) is 0 Å². The summed E-state index contributed by atoms with van der Waals surface area (Å²) in [4.78, 5) is 24.1. The van der Waals surface area contributed by atoms with Crippen molar-refractivity contribution in [1.82, 2.24) is 0 Å². The average Bonchev–Trinajstić information content (AvgIpc) is 3.08. The lowest BCUT2D eigenvalue weighted by atomic mass is 9.92. The van der Waals surface area contributed by atoms with Gasteiger partial charge in [-0.25, -0.2) is 0 Å². The Morgan fingerprint density at radius 2 is 1.82 bits per heavy atom. The van der Waals surface area contributed by atoms with Gasteiger partial charge in [-0.2, -0.15) is 11.8 Å². The summed E-state index contributed by atoms with van der Waals surface area (Å²) in [6, 6.07) is 7.45. The monoisotopic (exact) mass is 399 g/mol. The fraction of sp³-hybridized carbons (Fsp3) is 0.364. The summed E-state index contributed by atoms with van der Waals surface area (Å²) in [6.45, 7) is 7.90. The van der Waals surface area contributed by atoms with Crippen molar-refractivity contribution in [3.8, 4) is 11.5 Å². The molecule has 2 aromatic carbocycles. The minimum atomic E-state index is -0.0341. The Balaban J connectivity index is 1.52. The number of carbonyl (C=O) groups is 2. The van der Waals surface area contributed by atoms with E-state index in [9.17, 15) is 9.59 Å². The third-order valence-corrected chi connectivity index (χ3v) is 5.84. The number of hydrogen-bond donors (Lipinski definition) is 1. The van der Waals surface area contributed by atoms with Crippen LogP contribution in [0.1, 0.15) is 46.0 Å². The van der Waals surface area contributed by atoms with Crippen LogP contribution in [0.4, 0.5) is 5.69 Å². The summed E-state index contributed by atoms with van der Waals surface area (Å²) in [5.74, 6) is 2.91. The van der Waals surface area contributed by atoms with Gasteiger partial charge in [0.05, 0.1) is 0 Å². The van der Waals surface area contributed by atoms with Gasteiger partial charge >= 0.3 is 0 Å². The molecule has 0 aromatic heterocycles. The molecule has 0 unspecified atom stereocenters. The van der Waals surface area contributed by atoms with Crippen molar-refractivity contribution < 1.29 is 19.1 Å². The van der Waals surface area contributed by atoms with Crippen LogP contribution in [0.15, 0.2) is 24.3 Å². The maximum absolute atomic E-state index is 12.2. The summed E-state index contributed by atoms with van der Waals surface area (Å²) >= 11 is 1.70. The van der Waals surface area contributed by atoms with Gasteiger partial charge in [-0.3, -0.25) is 9.59 Å². The summed E-state index contributed by atoms with van der Waals surface area (Å²) in [5.41, 5.74) is 5.99. The van der Waals surface area contributed by atoms with E-state index in [1.165, 1.54) is 11.1 Å². The Morgan fingerprint density at radius 1 is 1.07 bits per heavy atom. The first-order valence-corrected chi connectivity index (χ1v) is 10.4. The molecule has 1 aliphatic rings. The van der Waals surface area contributed by atoms with Crippen LogP contribution in [0.2, 0.25) is 0 Å². The normalized spacial score (nSPS) is 12.1. The molecule has 5 nitrogen and oxygen atoms in total. The average molecular weight is 400 g/mol. The van der Waals surface area contributed by atoms with E-state index in [4.69, 9.17) is 9.47 Å². The number of amides is 1. The van der Waals surface area contributed by atoms with E-state index in [1.54, 1.807) is 36.9 Å². The van der Waals surface area contributed by atoms with E-state index in [0.717, 1.165) is 22.4 Å². The van der Waals surface area contributed by atoms with Crippen molar-refractivity contribution in [2.24, 2.45) is 0 Å². The molecule has 0 bridgehead atoms. The second kappa shape index (κ2) is 8.69. The van der Waals surface area contributed by atoms with E-state index in [2.05, 4.69) is 18.3 Å². The van der Waals surface area contributed by atoms with Gasteiger partial charge in [-0.15, -0.1) is 0 Å². The smallest absolute Gasteiger partial charge is 0.231 e. The van der Waals surface area contributed by atoms with Gasteiger partial charge in [-0.05, 0) is 62.1 Å². The summed E-state index contributed by atoms with van der Waals surface area (Å²) in [5, 5.41) is 2.89. The van der Waals surface area contributed by atoms with E-state index in [-0.39, 0.29) is 18.5 Å². The summed E-state index contributed by atoms with van der Waals surface area (Å²) in [6.07, 6.45) is 0.419. The molecule has 0 atom stereocenters. The molecule has 28 heavy (non-hydrogen) atoms. The van der Waals surface area contributed by atoms with Crippen LogP contribution >= 0.6 is 11.8 Å². The van der Waals surface area contributed by atoms with Crippen molar-refractivity contribution in [2.45, 2.75) is 39.9 Å². The van der Waals surface area contributed by atoms with Crippen molar-refractivity contribution in [1.29, 1.82) is 0 Å². The molecule has 2 aromatic rings. The molecule has 1 N–H and O–H groups in total. The lowest BCUT2D eigenvalue weighted by Crippen LogP contribution is -2.12. The van der Waals surface area contributed by atoms with Gasteiger partial charge in [0.25, 0.3) is 0 Å². The van der Waals surface area contributed by atoms with Crippen molar-refractivity contribution in [2.75, 3.05) is 17.9 Å². The predicted octanol–water partition coefficient (Wildman–Crippen LogP) is 4.81. The third-order valence-electron chi connectivity index (χ3n) is 4.86. The number of nitrogens with one attached hydrogen (secondary N) is 1. The molecule has 1 heterocycles. The molecule has 0 radical (unpaired) electrons. The Kier molecular flexibility index (Phi) is 6.29. The predicted molar refractivity (Wildman–Crippen MR) is 113 cm³/mol.